The molecule has 0 heterocycles. The SMILES string of the molecule is COc1cc(CNCc2ccccc2Cl)cc(Cl)c1OC.Cl. The number of ether oxygens (including phenoxy) is 2. The third-order valence-corrected chi connectivity index (χ3v) is 3.75. The molecule has 3 nitrogen and oxygen atoms in total. The van der Waals surface area contributed by atoms with Crippen LogP contribution < -0.4 is 14.8 Å². The molecule has 0 radical (unpaired) electrons. The Hall–Kier alpha value is -1.13. The van der Waals surface area contributed by atoms with E-state index in [1.54, 1.807) is 14.2 Å². The van der Waals surface area contributed by atoms with E-state index in [-0.39, 0.29) is 12.4 Å². The van der Waals surface area contributed by atoms with Crippen molar-refractivity contribution < 1.29 is 9.47 Å². The van der Waals surface area contributed by atoms with Crippen LogP contribution in [0, 0.1) is 0 Å². The van der Waals surface area contributed by atoms with Crippen molar-refractivity contribution in [3.8, 4) is 11.5 Å². The molecule has 0 fully saturated rings. The Morgan fingerprint density at radius 3 is 2.32 bits per heavy atom. The zero-order valence-corrected chi connectivity index (χ0v) is 14.7. The molecule has 2 aromatic rings. The van der Waals surface area contributed by atoms with Gasteiger partial charge in [-0.15, -0.1) is 12.4 Å². The summed E-state index contributed by atoms with van der Waals surface area (Å²) in [7, 11) is 3.16. The highest BCUT2D eigenvalue weighted by molar-refractivity contribution is 6.32. The van der Waals surface area contributed by atoms with Crippen LogP contribution in [0.15, 0.2) is 36.4 Å². The first-order chi connectivity index (χ1) is 10.2. The maximum Gasteiger partial charge on any atom is 0.179 e. The number of hydrogen-bond acceptors (Lipinski definition) is 3. The topological polar surface area (TPSA) is 30.5 Å². The molecule has 0 aliphatic carbocycles. The van der Waals surface area contributed by atoms with Gasteiger partial charge in [-0.1, -0.05) is 41.4 Å². The summed E-state index contributed by atoms with van der Waals surface area (Å²) in [5, 5.41) is 4.63. The van der Waals surface area contributed by atoms with Gasteiger partial charge in [0, 0.05) is 18.1 Å². The Labute approximate surface area is 146 Å². The van der Waals surface area contributed by atoms with E-state index in [1.165, 1.54) is 0 Å². The molecule has 22 heavy (non-hydrogen) atoms. The van der Waals surface area contributed by atoms with Gasteiger partial charge in [0.05, 0.1) is 19.2 Å². The molecule has 0 amide bonds. The maximum atomic E-state index is 6.18. The third-order valence-electron chi connectivity index (χ3n) is 3.10. The van der Waals surface area contributed by atoms with Crippen LogP contribution in [-0.2, 0) is 13.1 Å². The smallest absolute Gasteiger partial charge is 0.179 e. The number of nitrogens with one attached hydrogen (secondary N) is 1. The average molecular weight is 363 g/mol. The number of benzene rings is 2. The van der Waals surface area contributed by atoms with Gasteiger partial charge >= 0.3 is 0 Å². The minimum Gasteiger partial charge on any atom is -0.493 e. The number of rotatable bonds is 6. The van der Waals surface area contributed by atoms with Gasteiger partial charge in [-0.3, -0.25) is 0 Å². The number of halogens is 3. The lowest BCUT2D eigenvalue weighted by Gasteiger charge is -2.12. The van der Waals surface area contributed by atoms with Gasteiger partial charge in [0.15, 0.2) is 11.5 Å². The van der Waals surface area contributed by atoms with Crippen molar-refractivity contribution in [2.24, 2.45) is 0 Å². The summed E-state index contributed by atoms with van der Waals surface area (Å²) < 4.78 is 10.5. The van der Waals surface area contributed by atoms with Crippen molar-refractivity contribution in [1.29, 1.82) is 0 Å². The van der Waals surface area contributed by atoms with Crippen molar-refractivity contribution >= 4 is 35.6 Å². The molecule has 0 aromatic heterocycles. The van der Waals surface area contributed by atoms with Gasteiger partial charge in [-0.25, -0.2) is 0 Å². The molecule has 0 atom stereocenters. The summed E-state index contributed by atoms with van der Waals surface area (Å²) in [5.41, 5.74) is 2.08. The number of hydrogen-bond donors (Lipinski definition) is 1. The van der Waals surface area contributed by atoms with Gasteiger partial charge in [0.2, 0.25) is 0 Å². The lowest BCUT2D eigenvalue weighted by molar-refractivity contribution is 0.354. The first kappa shape index (κ1) is 18.9. The van der Waals surface area contributed by atoms with Crippen molar-refractivity contribution in [2.45, 2.75) is 13.1 Å². The van der Waals surface area contributed by atoms with E-state index >= 15 is 0 Å². The summed E-state index contributed by atoms with van der Waals surface area (Å²) in [6, 6.07) is 11.5. The fraction of sp³-hybridized carbons (Fsp3) is 0.250. The highest BCUT2D eigenvalue weighted by atomic mass is 35.5. The lowest BCUT2D eigenvalue weighted by atomic mass is 10.2. The molecule has 0 spiro atoms. The van der Waals surface area contributed by atoms with E-state index in [4.69, 9.17) is 32.7 Å². The summed E-state index contributed by atoms with van der Waals surface area (Å²) in [6.07, 6.45) is 0. The predicted molar refractivity (Wildman–Crippen MR) is 93.8 cm³/mol. The second-order valence-electron chi connectivity index (χ2n) is 4.51. The van der Waals surface area contributed by atoms with Crippen molar-refractivity contribution in [1.82, 2.24) is 5.32 Å². The Morgan fingerprint density at radius 1 is 0.955 bits per heavy atom. The highest BCUT2D eigenvalue weighted by Crippen LogP contribution is 2.35. The largest absolute Gasteiger partial charge is 0.493 e. The first-order valence-electron chi connectivity index (χ1n) is 6.50. The molecule has 1 N–H and O–H groups in total. The monoisotopic (exact) mass is 361 g/mol. The molecule has 0 saturated heterocycles. The second-order valence-corrected chi connectivity index (χ2v) is 5.32. The normalized spacial score (nSPS) is 10.0. The summed E-state index contributed by atoms with van der Waals surface area (Å²) in [4.78, 5) is 0. The van der Waals surface area contributed by atoms with Crippen LogP contribution in [0.1, 0.15) is 11.1 Å². The van der Waals surface area contributed by atoms with Crippen LogP contribution in [0.25, 0.3) is 0 Å². The molecular formula is C16H18Cl3NO2. The zero-order valence-electron chi connectivity index (χ0n) is 12.4. The van der Waals surface area contributed by atoms with Gasteiger partial charge in [0.25, 0.3) is 0 Å². The molecule has 0 bridgehead atoms. The van der Waals surface area contributed by atoms with Crippen LogP contribution in [0.3, 0.4) is 0 Å². The highest BCUT2D eigenvalue weighted by Gasteiger charge is 2.10. The molecule has 6 heteroatoms. The fourth-order valence-corrected chi connectivity index (χ4v) is 2.57. The Kier molecular flexibility index (Phi) is 7.83. The second kappa shape index (κ2) is 9.11. The predicted octanol–water partition coefficient (Wildman–Crippen LogP) is 4.72. The van der Waals surface area contributed by atoms with E-state index in [0.29, 0.717) is 29.6 Å². The van der Waals surface area contributed by atoms with Crippen LogP contribution in [0.5, 0.6) is 11.5 Å². The van der Waals surface area contributed by atoms with Gasteiger partial charge < -0.3 is 14.8 Å². The Balaban J connectivity index is 0.00000242. The van der Waals surface area contributed by atoms with E-state index in [9.17, 15) is 0 Å². The Morgan fingerprint density at radius 2 is 1.68 bits per heavy atom. The van der Waals surface area contributed by atoms with Crippen molar-refractivity contribution in [3.05, 3.63) is 57.6 Å². The van der Waals surface area contributed by atoms with Gasteiger partial charge in [0.1, 0.15) is 0 Å². The third kappa shape index (κ3) is 4.68. The van der Waals surface area contributed by atoms with E-state index in [1.807, 2.05) is 36.4 Å². The quantitative estimate of drug-likeness (QED) is 0.806. The average Bonchev–Trinajstić information content (AvgIpc) is 2.48. The van der Waals surface area contributed by atoms with Gasteiger partial charge in [-0.2, -0.15) is 0 Å². The van der Waals surface area contributed by atoms with Crippen LogP contribution in [0.4, 0.5) is 0 Å². The van der Waals surface area contributed by atoms with E-state index < -0.39 is 0 Å². The van der Waals surface area contributed by atoms with E-state index in [0.717, 1.165) is 16.1 Å². The molecular weight excluding hydrogens is 345 g/mol. The lowest BCUT2D eigenvalue weighted by Crippen LogP contribution is -2.13. The summed E-state index contributed by atoms with van der Waals surface area (Å²) in [5.74, 6) is 1.17. The van der Waals surface area contributed by atoms with Crippen LogP contribution in [-0.4, -0.2) is 14.2 Å². The number of methoxy groups -OCH3 is 2. The molecule has 0 aliphatic rings. The Bertz CT molecular complexity index is 620. The van der Waals surface area contributed by atoms with E-state index in [2.05, 4.69) is 5.32 Å². The minimum atomic E-state index is 0. The molecule has 2 aromatic carbocycles. The van der Waals surface area contributed by atoms with Crippen molar-refractivity contribution in [2.75, 3.05) is 14.2 Å². The fourth-order valence-electron chi connectivity index (χ4n) is 2.06. The van der Waals surface area contributed by atoms with Gasteiger partial charge in [-0.05, 0) is 29.3 Å². The zero-order chi connectivity index (χ0) is 15.2. The molecule has 0 unspecified atom stereocenters. The first-order valence-corrected chi connectivity index (χ1v) is 7.25. The maximum absolute atomic E-state index is 6.18. The van der Waals surface area contributed by atoms with Crippen LogP contribution >= 0.6 is 35.6 Å². The van der Waals surface area contributed by atoms with Crippen LogP contribution in [0.2, 0.25) is 10.0 Å². The molecule has 0 aliphatic heterocycles. The summed E-state index contributed by atoms with van der Waals surface area (Å²) >= 11 is 12.3. The van der Waals surface area contributed by atoms with Crippen molar-refractivity contribution in [3.63, 3.8) is 0 Å². The molecule has 2 rings (SSSR count). The molecule has 0 saturated carbocycles. The summed E-state index contributed by atoms with van der Waals surface area (Å²) in [6.45, 7) is 1.34. The standard InChI is InChI=1S/C16H17Cl2NO2.ClH/c1-20-15-8-11(7-14(18)16(15)21-2)9-19-10-12-5-3-4-6-13(12)17;/h3-8,19H,9-10H2,1-2H3;1H. The molecule has 120 valence electrons. The minimum absolute atomic E-state index is 0.